The maximum Gasteiger partial charge on any atom is 0.237 e. The third kappa shape index (κ3) is 3.59. The summed E-state index contributed by atoms with van der Waals surface area (Å²) in [7, 11) is 0. The molecule has 0 unspecified atom stereocenters. The Hall–Kier alpha value is -2.32. The highest BCUT2D eigenvalue weighted by Crippen LogP contribution is 2.22. The number of carbonyl (C=O) groups is 1. The molecule has 1 heterocycles. The van der Waals surface area contributed by atoms with Crippen molar-refractivity contribution in [1.82, 2.24) is 4.98 Å². The maximum absolute atomic E-state index is 12.1. The predicted molar refractivity (Wildman–Crippen MR) is 79.3 cm³/mol. The van der Waals surface area contributed by atoms with E-state index in [1.807, 2.05) is 25.1 Å². The van der Waals surface area contributed by atoms with Crippen LogP contribution in [0, 0.1) is 11.3 Å². The van der Waals surface area contributed by atoms with Gasteiger partial charge in [-0.3, -0.25) is 4.79 Å². The van der Waals surface area contributed by atoms with E-state index in [1.165, 1.54) is 11.8 Å². The Bertz CT molecular complexity index is 637. The van der Waals surface area contributed by atoms with Gasteiger partial charge in [-0.1, -0.05) is 30.0 Å². The molecule has 1 N–H and O–H groups in total. The normalized spacial score (nSPS) is 11.4. The van der Waals surface area contributed by atoms with Crippen LogP contribution in [0.15, 0.2) is 53.7 Å². The number of nitrogens with zero attached hydrogens (tertiary/aromatic N) is 2. The van der Waals surface area contributed by atoms with Crippen molar-refractivity contribution in [3.63, 3.8) is 0 Å². The molecule has 0 spiro atoms. The van der Waals surface area contributed by atoms with E-state index in [0.29, 0.717) is 11.3 Å². The first-order valence-electron chi connectivity index (χ1n) is 6.08. The first-order chi connectivity index (χ1) is 9.70. The standard InChI is InChI=1S/C15H13N3OS/c1-11(20-14-8-4-5-9-17-14)15(19)18-13-7-3-2-6-12(13)10-16/h2-9,11H,1H3,(H,18,19)/t11-/m1/s1. The Kier molecular flexibility index (Phi) is 4.75. The van der Waals surface area contributed by atoms with Crippen LogP contribution in [0.25, 0.3) is 0 Å². The van der Waals surface area contributed by atoms with Crippen LogP contribution in [0.3, 0.4) is 0 Å². The van der Waals surface area contributed by atoms with Gasteiger partial charge in [0.15, 0.2) is 0 Å². The molecular formula is C15H13N3OS. The molecule has 2 aromatic rings. The van der Waals surface area contributed by atoms with Gasteiger partial charge in [0.05, 0.1) is 21.5 Å². The largest absolute Gasteiger partial charge is 0.324 e. The second kappa shape index (κ2) is 6.73. The Balaban J connectivity index is 2.03. The number of carbonyl (C=O) groups excluding carboxylic acids is 1. The lowest BCUT2D eigenvalue weighted by Crippen LogP contribution is -2.22. The average Bonchev–Trinajstić information content (AvgIpc) is 2.48. The van der Waals surface area contributed by atoms with Gasteiger partial charge >= 0.3 is 0 Å². The van der Waals surface area contributed by atoms with Crippen molar-refractivity contribution in [3.8, 4) is 6.07 Å². The summed E-state index contributed by atoms with van der Waals surface area (Å²) in [5.74, 6) is -0.150. The molecular weight excluding hydrogens is 270 g/mol. The van der Waals surface area contributed by atoms with E-state index < -0.39 is 0 Å². The number of hydrogen-bond donors (Lipinski definition) is 1. The highest BCUT2D eigenvalue weighted by atomic mass is 32.2. The van der Waals surface area contributed by atoms with Gasteiger partial charge in [0.2, 0.25) is 5.91 Å². The lowest BCUT2D eigenvalue weighted by atomic mass is 10.2. The summed E-state index contributed by atoms with van der Waals surface area (Å²) in [5, 5.41) is 12.3. The van der Waals surface area contributed by atoms with Gasteiger partial charge in [-0.15, -0.1) is 0 Å². The number of thioether (sulfide) groups is 1. The first-order valence-corrected chi connectivity index (χ1v) is 6.96. The van der Waals surface area contributed by atoms with Crippen LogP contribution in [-0.4, -0.2) is 16.1 Å². The van der Waals surface area contributed by atoms with Crippen LogP contribution in [0.1, 0.15) is 12.5 Å². The maximum atomic E-state index is 12.1. The zero-order valence-electron chi connectivity index (χ0n) is 10.9. The molecule has 0 bridgehead atoms. The summed E-state index contributed by atoms with van der Waals surface area (Å²) in [5.41, 5.74) is 0.990. The number of hydrogen-bond acceptors (Lipinski definition) is 4. The summed E-state index contributed by atoms with van der Waals surface area (Å²) in [6.07, 6.45) is 1.69. The molecule has 1 amide bonds. The summed E-state index contributed by atoms with van der Waals surface area (Å²) in [4.78, 5) is 16.3. The molecule has 100 valence electrons. The molecule has 0 aliphatic carbocycles. The Morgan fingerprint density at radius 2 is 2.05 bits per heavy atom. The Labute approximate surface area is 121 Å². The van der Waals surface area contributed by atoms with Crippen molar-refractivity contribution in [2.24, 2.45) is 0 Å². The number of nitrogens with one attached hydrogen (secondary N) is 1. The van der Waals surface area contributed by atoms with Gasteiger partial charge in [0, 0.05) is 6.20 Å². The summed E-state index contributed by atoms with van der Waals surface area (Å²) < 4.78 is 0. The smallest absolute Gasteiger partial charge is 0.237 e. The molecule has 0 radical (unpaired) electrons. The lowest BCUT2D eigenvalue weighted by molar-refractivity contribution is -0.115. The van der Waals surface area contributed by atoms with Crippen LogP contribution < -0.4 is 5.32 Å². The average molecular weight is 283 g/mol. The van der Waals surface area contributed by atoms with E-state index in [2.05, 4.69) is 16.4 Å². The van der Waals surface area contributed by atoms with Gasteiger partial charge in [-0.25, -0.2) is 4.98 Å². The van der Waals surface area contributed by atoms with Crippen molar-refractivity contribution in [2.45, 2.75) is 17.2 Å². The number of rotatable bonds is 4. The predicted octanol–water partition coefficient (Wildman–Crippen LogP) is 3.07. The quantitative estimate of drug-likeness (QED) is 0.876. The van der Waals surface area contributed by atoms with Crippen molar-refractivity contribution in [3.05, 3.63) is 54.2 Å². The van der Waals surface area contributed by atoms with E-state index in [0.717, 1.165) is 5.03 Å². The molecule has 0 aliphatic heterocycles. The minimum Gasteiger partial charge on any atom is -0.324 e. The van der Waals surface area contributed by atoms with Crippen molar-refractivity contribution < 1.29 is 4.79 Å². The highest BCUT2D eigenvalue weighted by molar-refractivity contribution is 8.00. The third-order valence-corrected chi connectivity index (χ3v) is 3.66. The van der Waals surface area contributed by atoms with E-state index >= 15 is 0 Å². The van der Waals surface area contributed by atoms with Crippen molar-refractivity contribution in [2.75, 3.05) is 5.32 Å². The molecule has 1 atom stereocenters. The van der Waals surface area contributed by atoms with Crippen LogP contribution >= 0.6 is 11.8 Å². The van der Waals surface area contributed by atoms with E-state index in [1.54, 1.807) is 30.5 Å². The number of amides is 1. The van der Waals surface area contributed by atoms with Crippen LogP contribution in [0.4, 0.5) is 5.69 Å². The van der Waals surface area contributed by atoms with Gasteiger partial charge in [0.1, 0.15) is 6.07 Å². The topological polar surface area (TPSA) is 65.8 Å². The van der Waals surface area contributed by atoms with Crippen molar-refractivity contribution >= 4 is 23.4 Å². The fourth-order valence-electron chi connectivity index (χ4n) is 1.58. The fourth-order valence-corrected chi connectivity index (χ4v) is 2.38. The van der Waals surface area contributed by atoms with Crippen LogP contribution in [-0.2, 0) is 4.79 Å². The van der Waals surface area contributed by atoms with Gasteiger partial charge < -0.3 is 5.32 Å². The van der Waals surface area contributed by atoms with Gasteiger partial charge in [-0.05, 0) is 31.2 Å². The highest BCUT2D eigenvalue weighted by Gasteiger charge is 2.16. The second-order valence-electron chi connectivity index (χ2n) is 4.07. The van der Waals surface area contributed by atoms with Gasteiger partial charge in [-0.2, -0.15) is 5.26 Å². The number of nitriles is 1. The lowest BCUT2D eigenvalue weighted by Gasteiger charge is -2.12. The monoisotopic (exact) mass is 283 g/mol. The third-order valence-electron chi connectivity index (χ3n) is 2.61. The zero-order valence-corrected chi connectivity index (χ0v) is 11.7. The zero-order chi connectivity index (χ0) is 14.4. The molecule has 1 aromatic heterocycles. The number of anilines is 1. The molecule has 0 saturated carbocycles. The Morgan fingerprint density at radius 3 is 2.75 bits per heavy atom. The van der Waals surface area contributed by atoms with E-state index in [-0.39, 0.29) is 11.2 Å². The molecule has 20 heavy (non-hydrogen) atoms. The molecule has 5 heteroatoms. The minimum atomic E-state index is -0.295. The molecule has 4 nitrogen and oxygen atoms in total. The summed E-state index contributed by atoms with van der Waals surface area (Å²) >= 11 is 1.38. The van der Waals surface area contributed by atoms with Crippen molar-refractivity contribution in [1.29, 1.82) is 5.26 Å². The molecule has 2 rings (SSSR count). The number of aromatic nitrogens is 1. The molecule has 0 fully saturated rings. The first kappa shape index (κ1) is 14.1. The Morgan fingerprint density at radius 1 is 1.30 bits per heavy atom. The number of benzene rings is 1. The van der Waals surface area contributed by atoms with E-state index in [9.17, 15) is 4.79 Å². The van der Waals surface area contributed by atoms with E-state index in [4.69, 9.17) is 5.26 Å². The molecule has 1 aromatic carbocycles. The minimum absolute atomic E-state index is 0.150. The summed E-state index contributed by atoms with van der Waals surface area (Å²) in [6.45, 7) is 1.81. The molecule has 0 aliphatic rings. The number of pyridine rings is 1. The van der Waals surface area contributed by atoms with Crippen LogP contribution in [0.2, 0.25) is 0 Å². The van der Waals surface area contributed by atoms with Gasteiger partial charge in [0.25, 0.3) is 0 Å². The number of para-hydroxylation sites is 1. The second-order valence-corrected chi connectivity index (χ2v) is 5.44. The summed E-state index contributed by atoms with van der Waals surface area (Å²) in [6, 6.07) is 14.6. The fraction of sp³-hybridized carbons (Fsp3) is 0.133. The van der Waals surface area contributed by atoms with Crippen LogP contribution in [0.5, 0.6) is 0 Å². The SMILES string of the molecule is C[C@@H](Sc1ccccn1)C(=O)Nc1ccccc1C#N. The molecule has 0 saturated heterocycles.